The molecule has 0 saturated carbocycles. The zero-order valence-electron chi connectivity index (χ0n) is 7.31. The molecule has 0 aromatic carbocycles. The summed E-state index contributed by atoms with van der Waals surface area (Å²) in [5, 5.41) is 0. The zero-order valence-corrected chi connectivity index (χ0v) is 8.88. The van der Waals surface area contributed by atoms with Gasteiger partial charge >= 0.3 is 0 Å². The fraction of sp³-hybridized carbons (Fsp3) is 0.429. The van der Waals surface area contributed by atoms with Crippen LogP contribution in [0, 0.1) is 0 Å². The van der Waals surface area contributed by atoms with E-state index in [1.165, 1.54) is 11.3 Å². The summed E-state index contributed by atoms with van der Waals surface area (Å²) in [6.45, 7) is 1.44. The molecule has 2 heterocycles. The Morgan fingerprint density at radius 3 is 3.21 bits per heavy atom. The van der Waals surface area contributed by atoms with Crippen molar-refractivity contribution in [1.29, 1.82) is 0 Å². The molecule has 1 aromatic heterocycles. The summed E-state index contributed by atoms with van der Waals surface area (Å²) in [6.07, 6.45) is 1.73. The Morgan fingerprint density at radius 2 is 2.57 bits per heavy atom. The van der Waals surface area contributed by atoms with Crippen molar-refractivity contribution in [3.63, 3.8) is 0 Å². The lowest BCUT2D eigenvalue weighted by atomic mass is 10.5. The van der Waals surface area contributed by atoms with Gasteiger partial charge in [0.05, 0.1) is 6.54 Å². The van der Waals surface area contributed by atoms with Gasteiger partial charge in [-0.2, -0.15) is 0 Å². The van der Waals surface area contributed by atoms with Crippen molar-refractivity contribution >= 4 is 28.9 Å². The van der Waals surface area contributed by atoms with Crippen molar-refractivity contribution < 1.29 is 4.74 Å². The van der Waals surface area contributed by atoms with Gasteiger partial charge in [-0.15, -0.1) is 11.3 Å². The maximum atomic E-state index is 5.71. The molecule has 0 bridgehead atoms. The first-order chi connectivity index (χ1) is 6.75. The molecule has 1 aromatic rings. The molecule has 0 amide bonds. The molecule has 0 spiro atoms. The highest BCUT2D eigenvalue weighted by Crippen LogP contribution is 2.19. The Morgan fingerprint density at radius 1 is 1.71 bits per heavy atom. The predicted octanol–water partition coefficient (Wildman–Crippen LogP) is 0.858. The Balaban J connectivity index is 2.03. The molecule has 0 saturated heterocycles. The molecule has 2 N–H and O–H groups in total. The number of nitrogens with two attached hydrogens (primary N) is 1. The molecule has 1 aliphatic heterocycles. The maximum absolute atomic E-state index is 5.71. The van der Waals surface area contributed by atoms with Crippen LogP contribution in [-0.2, 0) is 11.3 Å². The van der Waals surface area contributed by atoms with E-state index < -0.39 is 0 Å². The van der Waals surface area contributed by atoms with E-state index in [1.54, 1.807) is 6.20 Å². The third kappa shape index (κ3) is 2.14. The van der Waals surface area contributed by atoms with Crippen LogP contribution in [0.4, 0.5) is 0 Å². The average molecular weight is 233 g/mol. The SMILES string of the molecule is NC1=NCOCN1Cc1cnc(Cl)s1. The maximum Gasteiger partial charge on any atom is 0.195 e. The molecule has 0 aliphatic carbocycles. The third-order valence-corrected chi connectivity index (χ3v) is 2.86. The van der Waals surface area contributed by atoms with Crippen molar-refractivity contribution in [3.8, 4) is 0 Å². The van der Waals surface area contributed by atoms with Crippen molar-refractivity contribution in [1.82, 2.24) is 9.88 Å². The number of thiazole rings is 1. The average Bonchev–Trinajstić information content (AvgIpc) is 2.56. The second-order valence-electron chi connectivity index (χ2n) is 2.76. The van der Waals surface area contributed by atoms with E-state index >= 15 is 0 Å². The molecule has 0 radical (unpaired) electrons. The van der Waals surface area contributed by atoms with Crippen molar-refractivity contribution in [2.45, 2.75) is 6.54 Å². The van der Waals surface area contributed by atoms with Crippen LogP contribution >= 0.6 is 22.9 Å². The van der Waals surface area contributed by atoms with Gasteiger partial charge in [0.2, 0.25) is 0 Å². The second-order valence-corrected chi connectivity index (χ2v) is 4.45. The number of rotatable bonds is 2. The van der Waals surface area contributed by atoms with Crippen LogP contribution in [-0.4, -0.2) is 29.3 Å². The molecule has 14 heavy (non-hydrogen) atoms. The van der Waals surface area contributed by atoms with Crippen molar-refractivity contribution in [2.24, 2.45) is 10.7 Å². The largest absolute Gasteiger partial charge is 0.370 e. The number of hydrogen-bond acceptors (Lipinski definition) is 6. The highest BCUT2D eigenvalue weighted by atomic mass is 35.5. The van der Waals surface area contributed by atoms with Gasteiger partial charge < -0.3 is 15.4 Å². The molecule has 0 unspecified atom stereocenters. The Kier molecular flexibility index (Phi) is 2.85. The van der Waals surface area contributed by atoms with Gasteiger partial charge in [-0.3, -0.25) is 0 Å². The van der Waals surface area contributed by atoms with Gasteiger partial charge in [0.1, 0.15) is 13.5 Å². The first-order valence-electron chi connectivity index (χ1n) is 3.98. The molecular formula is C7H9ClN4OS. The Labute approximate surface area is 90.2 Å². The molecule has 5 nitrogen and oxygen atoms in total. The summed E-state index contributed by atoms with van der Waals surface area (Å²) in [6, 6.07) is 0. The molecular weight excluding hydrogens is 224 g/mol. The quantitative estimate of drug-likeness (QED) is 0.822. The fourth-order valence-corrected chi connectivity index (χ4v) is 2.09. The predicted molar refractivity (Wildman–Crippen MR) is 55.1 cm³/mol. The lowest BCUT2D eigenvalue weighted by molar-refractivity contribution is 0.0497. The third-order valence-electron chi connectivity index (χ3n) is 1.76. The van der Waals surface area contributed by atoms with E-state index in [1.807, 2.05) is 4.90 Å². The standard InChI is InChI=1S/C7H9ClN4OS/c8-6-10-1-5(14-6)2-12-4-13-3-11-7(12)9/h1H,2-4H2,(H2,9,11). The monoisotopic (exact) mass is 232 g/mol. The molecule has 7 heteroatoms. The molecule has 0 fully saturated rings. The van der Waals surface area contributed by atoms with Gasteiger partial charge in [-0.05, 0) is 0 Å². The van der Waals surface area contributed by atoms with Crippen LogP contribution in [0.3, 0.4) is 0 Å². The molecule has 0 atom stereocenters. The summed E-state index contributed by atoms with van der Waals surface area (Å²) < 4.78 is 5.68. The topological polar surface area (TPSA) is 63.7 Å². The second kappa shape index (κ2) is 4.12. The summed E-state index contributed by atoms with van der Waals surface area (Å²) in [5.41, 5.74) is 5.68. The minimum atomic E-state index is 0.339. The number of halogens is 1. The molecule has 1 aliphatic rings. The number of aromatic nitrogens is 1. The van der Waals surface area contributed by atoms with Crippen molar-refractivity contribution in [2.75, 3.05) is 13.5 Å². The van der Waals surface area contributed by atoms with Crippen LogP contribution in [0.1, 0.15) is 4.88 Å². The number of guanidine groups is 1. The molecule has 76 valence electrons. The summed E-state index contributed by atoms with van der Waals surface area (Å²) >= 11 is 7.14. The Hall–Kier alpha value is -0.850. The van der Waals surface area contributed by atoms with Crippen LogP contribution in [0.2, 0.25) is 4.47 Å². The minimum Gasteiger partial charge on any atom is -0.370 e. The van der Waals surface area contributed by atoms with Gasteiger partial charge in [0.25, 0.3) is 0 Å². The van der Waals surface area contributed by atoms with Gasteiger partial charge in [-0.1, -0.05) is 11.6 Å². The highest BCUT2D eigenvalue weighted by molar-refractivity contribution is 7.15. The lowest BCUT2D eigenvalue weighted by Gasteiger charge is -2.25. The minimum absolute atomic E-state index is 0.339. The summed E-state index contributed by atoms with van der Waals surface area (Å²) in [4.78, 5) is 10.8. The zero-order chi connectivity index (χ0) is 9.97. The highest BCUT2D eigenvalue weighted by Gasteiger charge is 2.13. The summed E-state index contributed by atoms with van der Waals surface area (Å²) in [7, 11) is 0. The van der Waals surface area contributed by atoms with E-state index in [2.05, 4.69) is 9.98 Å². The first-order valence-corrected chi connectivity index (χ1v) is 5.18. The van der Waals surface area contributed by atoms with Gasteiger partial charge in [0.15, 0.2) is 10.4 Å². The van der Waals surface area contributed by atoms with Crippen LogP contribution < -0.4 is 5.73 Å². The van der Waals surface area contributed by atoms with Crippen LogP contribution in [0.25, 0.3) is 0 Å². The Bertz CT molecular complexity index is 353. The van der Waals surface area contributed by atoms with Crippen LogP contribution in [0.5, 0.6) is 0 Å². The number of nitrogens with zero attached hydrogens (tertiary/aromatic N) is 3. The van der Waals surface area contributed by atoms with E-state index in [0.29, 0.717) is 30.4 Å². The summed E-state index contributed by atoms with van der Waals surface area (Å²) in [5.74, 6) is 0.501. The number of ether oxygens (including phenoxy) is 1. The number of aliphatic imine (C=N–C) groups is 1. The van der Waals surface area contributed by atoms with E-state index in [4.69, 9.17) is 22.1 Å². The first kappa shape index (κ1) is 9.70. The van der Waals surface area contributed by atoms with Gasteiger partial charge in [0, 0.05) is 11.1 Å². The number of hydrogen-bond donors (Lipinski definition) is 1. The normalized spacial score (nSPS) is 16.9. The smallest absolute Gasteiger partial charge is 0.195 e. The van der Waals surface area contributed by atoms with E-state index in [0.717, 1.165) is 4.88 Å². The fourth-order valence-electron chi connectivity index (χ4n) is 1.10. The van der Waals surface area contributed by atoms with Crippen molar-refractivity contribution in [3.05, 3.63) is 15.5 Å². The van der Waals surface area contributed by atoms with E-state index in [-0.39, 0.29) is 0 Å². The van der Waals surface area contributed by atoms with E-state index in [9.17, 15) is 0 Å². The van der Waals surface area contributed by atoms with Crippen LogP contribution in [0.15, 0.2) is 11.2 Å². The lowest BCUT2D eigenvalue weighted by Crippen LogP contribution is -2.41. The molecule has 2 rings (SSSR count). The van der Waals surface area contributed by atoms with Gasteiger partial charge in [-0.25, -0.2) is 9.98 Å².